The molecule has 1 aliphatic heterocycles. The molecule has 0 aliphatic carbocycles. The number of benzene rings is 3. The zero-order valence-corrected chi connectivity index (χ0v) is 17.5. The molecule has 30 heavy (non-hydrogen) atoms. The minimum Gasteiger partial charge on any atom is -0.425 e. The molecule has 1 aliphatic rings. The fraction of sp³-hybridized carbons (Fsp3) is 0.0909. The number of esters is 1. The Labute approximate surface area is 179 Å². The zero-order chi connectivity index (χ0) is 21.3. The first kappa shape index (κ1) is 20.1. The first-order valence-electron chi connectivity index (χ1n) is 9.06. The number of halogens is 1. The van der Waals surface area contributed by atoms with Crippen LogP contribution < -0.4 is 9.64 Å². The minimum absolute atomic E-state index is 0.187. The number of carbonyl (C=O) groups is 1. The van der Waals surface area contributed by atoms with Gasteiger partial charge in [0.2, 0.25) is 0 Å². The monoisotopic (exact) mass is 440 g/mol. The molecule has 0 N–H and O–H groups in total. The highest BCUT2D eigenvalue weighted by Crippen LogP contribution is 2.30. The van der Waals surface area contributed by atoms with Crippen LogP contribution >= 0.6 is 11.6 Å². The summed E-state index contributed by atoms with van der Waals surface area (Å²) in [5.74, 6) is 0.0875. The number of ether oxygens (including phenoxy) is 1. The van der Waals surface area contributed by atoms with Gasteiger partial charge in [0, 0.05) is 18.3 Å². The summed E-state index contributed by atoms with van der Waals surface area (Å²) in [5.41, 5.74) is 1.88. The highest BCUT2D eigenvalue weighted by Gasteiger charge is 2.30. The van der Waals surface area contributed by atoms with Crippen molar-refractivity contribution in [2.45, 2.75) is 10.3 Å². The molecule has 3 aromatic rings. The molecule has 0 bridgehead atoms. The molecule has 0 spiro atoms. The van der Waals surface area contributed by atoms with Crippen LogP contribution in [0.3, 0.4) is 0 Å². The number of sulfonamides is 1. The number of nitrogens with zero attached hydrogens (tertiary/aromatic N) is 2. The number of carbonyl (C=O) groups excluding carboxylic acids is 1. The van der Waals surface area contributed by atoms with Gasteiger partial charge in [0.05, 0.1) is 0 Å². The fourth-order valence-electron chi connectivity index (χ4n) is 3.12. The van der Waals surface area contributed by atoms with E-state index < -0.39 is 21.4 Å². The lowest BCUT2D eigenvalue weighted by Crippen LogP contribution is -2.26. The zero-order valence-electron chi connectivity index (χ0n) is 15.9. The van der Waals surface area contributed by atoms with E-state index in [4.69, 9.17) is 16.3 Å². The van der Waals surface area contributed by atoms with Crippen LogP contribution in [-0.4, -0.2) is 27.3 Å². The smallest absolute Gasteiger partial charge is 0.334 e. The molecule has 0 radical (unpaired) electrons. The van der Waals surface area contributed by atoms with Crippen molar-refractivity contribution in [1.82, 2.24) is 0 Å². The summed E-state index contributed by atoms with van der Waals surface area (Å²) in [5, 5.41) is -0.914. The molecule has 8 heteroatoms. The average molecular weight is 441 g/mol. The maximum atomic E-state index is 12.3. The molecule has 1 unspecified atom stereocenters. The van der Waals surface area contributed by atoms with Gasteiger partial charge in [-0.1, -0.05) is 42.5 Å². The van der Waals surface area contributed by atoms with E-state index in [-0.39, 0.29) is 4.90 Å². The number of fused-ring (bicyclic) bond motifs is 1. The van der Waals surface area contributed by atoms with Crippen LogP contribution in [0.1, 0.15) is 16.5 Å². The lowest BCUT2D eigenvalue weighted by Gasteiger charge is -2.19. The Morgan fingerprint density at radius 3 is 2.30 bits per heavy atom. The topological polar surface area (TPSA) is 76.0 Å². The number of hydrogen-bond donors (Lipinski definition) is 0. The third kappa shape index (κ3) is 3.81. The van der Waals surface area contributed by atoms with Crippen molar-refractivity contribution in [2.75, 3.05) is 11.9 Å². The van der Waals surface area contributed by atoms with Crippen LogP contribution in [0.25, 0.3) is 0 Å². The second-order valence-electron chi connectivity index (χ2n) is 6.63. The molecular weight excluding hydrogens is 424 g/mol. The van der Waals surface area contributed by atoms with E-state index in [1.807, 2.05) is 6.07 Å². The van der Waals surface area contributed by atoms with Gasteiger partial charge in [-0.3, -0.25) is 0 Å². The van der Waals surface area contributed by atoms with Crippen molar-refractivity contribution < 1.29 is 17.9 Å². The van der Waals surface area contributed by atoms with Gasteiger partial charge in [0.15, 0.2) is 11.2 Å². The Morgan fingerprint density at radius 2 is 1.60 bits per heavy atom. The minimum atomic E-state index is -3.71. The van der Waals surface area contributed by atoms with E-state index >= 15 is 0 Å². The Bertz CT molecular complexity index is 1230. The maximum Gasteiger partial charge on any atom is 0.334 e. The van der Waals surface area contributed by atoms with Crippen molar-refractivity contribution >= 4 is 39.1 Å². The highest BCUT2D eigenvalue weighted by molar-refractivity contribution is 7.90. The molecule has 0 fully saturated rings. The SMILES string of the molecule is CN(C1=NS(=O)(=O)c2ccccc21)c1ccc(OC(=O)C(Cl)c2ccccc2)cc1. The Kier molecular flexibility index (Phi) is 5.32. The second-order valence-corrected chi connectivity index (χ2v) is 8.64. The quantitative estimate of drug-likeness (QED) is 0.346. The van der Waals surface area contributed by atoms with Crippen molar-refractivity contribution in [3.8, 4) is 5.75 Å². The van der Waals surface area contributed by atoms with Gasteiger partial charge < -0.3 is 9.64 Å². The molecule has 152 valence electrons. The summed E-state index contributed by atoms with van der Waals surface area (Å²) in [6, 6.07) is 22.3. The molecule has 1 atom stereocenters. The van der Waals surface area contributed by atoms with E-state index in [1.165, 1.54) is 6.07 Å². The van der Waals surface area contributed by atoms with Crippen LogP contribution in [0, 0.1) is 0 Å². The van der Waals surface area contributed by atoms with Gasteiger partial charge in [0.25, 0.3) is 10.0 Å². The van der Waals surface area contributed by atoms with E-state index in [1.54, 1.807) is 78.7 Å². The normalized spacial score (nSPS) is 15.1. The number of rotatable bonds is 4. The molecule has 0 saturated heterocycles. The van der Waals surface area contributed by atoms with Gasteiger partial charge in [-0.05, 0) is 42.0 Å². The van der Waals surface area contributed by atoms with Gasteiger partial charge in [0.1, 0.15) is 10.6 Å². The second kappa shape index (κ2) is 7.93. The summed E-state index contributed by atoms with van der Waals surface area (Å²) in [6.07, 6.45) is 0. The van der Waals surface area contributed by atoms with Gasteiger partial charge in [-0.25, -0.2) is 4.79 Å². The van der Waals surface area contributed by atoms with Crippen LogP contribution in [0.5, 0.6) is 5.75 Å². The van der Waals surface area contributed by atoms with E-state index in [2.05, 4.69) is 4.40 Å². The molecule has 6 nitrogen and oxygen atoms in total. The van der Waals surface area contributed by atoms with Gasteiger partial charge in [-0.2, -0.15) is 8.42 Å². The first-order chi connectivity index (χ1) is 14.4. The van der Waals surface area contributed by atoms with Crippen molar-refractivity contribution in [3.63, 3.8) is 0 Å². The lowest BCUT2D eigenvalue weighted by atomic mass is 10.1. The Balaban J connectivity index is 1.51. The molecular formula is C22H17ClN2O4S. The van der Waals surface area contributed by atoms with E-state index in [9.17, 15) is 13.2 Å². The summed E-state index contributed by atoms with van der Waals surface area (Å²) in [6.45, 7) is 0. The van der Waals surface area contributed by atoms with Crippen molar-refractivity contribution in [3.05, 3.63) is 90.0 Å². The third-order valence-electron chi connectivity index (χ3n) is 4.67. The summed E-state index contributed by atoms with van der Waals surface area (Å²) in [4.78, 5) is 14.2. The van der Waals surface area contributed by atoms with Crippen molar-refractivity contribution in [2.24, 2.45) is 4.40 Å². The average Bonchev–Trinajstić information content (AvgIpc) is 3.05. The predicted molar refractivity (Wildman–Crippen MR) is 116 cm³/mol. The van der Waals surface area contributed by atoms with E-state index in [0.717, 1.165) is 0 Å². The summed E-state index contributed by atoms with van der Waals surface area (Å²) in [7, 11) is -1.98. The highest BCUT2D eigenvalue weighted by atomic mass is 35.5. The maximum absolute atomic E-state index is 12.3. The lowest BCUT2D eigenvalue weighted by molar-refractivity contribution is -0.134. The fourth-order valence-corrected chi connectivity index (χ4v) is 4.54. The molecule has 1 heterocycles. The van der Waals surface area contributed by atoms with Crippen LogP contribution in [0.15, 0.2) is 88.2 Å². The number of alkyl halides is 1. The Hall–Kier alpha value is -3.16. The van der Waals surface area contributed by atoms with Gasteiger partial charge in [-0.15, -0.1) is 16.0 Å². The van der Waals surface area contributed by atoms with Crippen LogP contribution in [-0.2, 0) is 14.8 Å². The first-order valence-corrected chi connectivity index (χ1v) is 10.9. The molecule has 4 rings (SSSR count). The number of anilines is 1. The standard InChI is InChI=1S/C22H17ClN2O4S/c1-25(21-18-9-5-6-10-19(18)30(27,28)24-21)16-11-13-17(14-12-16)29-22(26)20(23)15-7-3-2-4-8-15/h2-14,20H,1H3. The molecule has 3 aromatic carbocycles. The summed E-state index contributed by atoms with van der Waals surface area (Å²) >= 11 is 6.19. The number of amidine groups is 1. The molecule has 0 aromatic heterocycles. The molecule has 0 saturated carbocycles. The third-order valence-corrected chi connectivity index (χ3v) is 6.43. The van der Waals surface area contributed by atoms with Crippen molar-refractivity contribution in [1.29, 1.82) is 0 Å². The summed E-state index contributed by atoms with van der Waals surface area (Å²) < 4.78 is 33.8. The van der Waals surface area contributed by atoms with E-state index in [0.29, 0.717) is 28.4 Å². The molecule has 0 amide bonds. The largest absolute Gasteiger partial charge is 0.425 e. The Morgan fingerprint density at radius 1 is 0.967 bits per heavy atom. The van der Waals surface area contributed by atoms with Crippen LogP contribution in [0.4, 0.5) is 5.69 Å². The van der Waals surface area contributed by atoms with Gasteiger partial charge >= 0.3 is 5.97 Å². The van der Waals surface area contributed by atoms with Crippen LogP contribution in [0.2, 0.25) is 0 Å². The number of hydrogen-bond acceptors (Lipinski definition) is 5. The predicted octanol–water partition coefficient (Wildman–Crippen LogP) is 4.16.